The molecule has 2 heterocycles. The quantitative estimate of drug-likeness (QED) is 0.149. The lowest BCUT2D eigenvalue weighted by atomic mass is 9.82. The summed E-state index contributed by atoms with van der Waals surface area (Å²) in [5, 5.41) is 18.8. The summed E-state index contributed by atoms with van der Waals surface area (Å²) in [6.45, 7) is 0. The van der Waals surface area contributed by atoms with E-state index in [-0.39, 0.29) is 0 Å². The molecule has 0 aliphatic heterocycles. The second kappa shape index (κ2) is 19.1. The zero-order valence-corrected chi connectivity index (χ0v) is 46.7. The number of fused-ring (bicyclic) bond motifs is 12. The second-order valence-electron chi connectivity index (χ2n) is 22.9. The van der Waals surface area contributed by atoms with Gasteiger partial charge in [-0.1, -0.05) is 267 Å². The Hall–Kier alpha value is -11.3. The zero-order chi connectivity index (χ0) is 56.4. The number of rotatable bonds is 7. The van der Waals surface area contributed by atoms with Gasteiger partial charge in [-0.2, -0.15) is 0 Å². The Balaban J connectivity index is 0.817. The molecule has 0 N–H and O–H groups in total. The van der Waals surface area contributed by atoms with Crippen LogP contribution >= 0.6 is 0 Å². The minimum atomic E-state index is 0.868. The number of hydrogen-bond donors (Lipinski definition) is 0. The molecule has 2 heteroatoms. The van der Waals surface area contributed by atoms with Gasteiger partial charge in [-0.25, -0.2) is 0 Å². The van der Waals surface area contributed by atoms with Crippen LogP contribution in [0.15, 0.2) is 312 Å². The van der Waals surface area contributed by atoms with Crippen LogP contribution in [0.1, 0.15) is 0 Å². The van der Waals surface area contributed by atoms with Gasteiger partial charge in [0.25, 0.3) is 0 Å². The fourth-order valence-corrected chi connectivity index (χ4v) is 14.5. The highest BCUT2D eigenvalue weighted by Gasteiger charge is 2.26. The lowest BCUT2D eigenvalue weighted by Crippen LogP contribution is -1.93. The number of benzene rings is 16. The summed E-state index contributed by atoms with van der Waals surface area (Å²) in [5.41, 5.74) is 20.1. The van der Waals surface area contributed by atoms with Crippen LogP contribution in [-0.2, 0) is 0 Å². The molecular weight excluding hydrogens is 1040 g/mol. The van der Waals surface area contributed by atoms with Crippen molar-refractivity contribution in [2.75, 3.05) is 0 Å². The molecule has 18 rings (SSSR count). The molecule has 0 radical (unpaired) electrons. The largest absolute Gasteiger partial charge is 0.456 e. The van der Waals surface area contributed by atoms with E-state index in [2.05, 4.69) is 303 Å². The summed E-state index contributed by atoms with van der Waals surface area (Å²) in [6, 6.07) is 111. The van der Waals surface area contributed by atoms with E-state index >= 15 is 0 Å². The molecule has 0 fully saturated rings. The van der Waals surface area contributed by atoms with E-state index in [0.717, 1.165) is 76.9 Å². The smallest absolute Gasteiger partial charge is 0.136 e. The summed E-state index contributed by atoms with van der Waals surface area (Å²) in [4.78, 5) is 0. The van der Waals surface area contributed by atoms with Crippen molar-refractivity contribution in [3.63, 3.8) is 0 Å². The molecule has 0 spiro atoms. The van der Waals surface area contributed by atoms with Crippen LogP contribution in [-0.4, -0.2) is 0 Å². The van der Waals surface area contributed by atoms with Crippen LogP contribution < -0.4 is 0 Å². The normalized spacial score (nSPS) is 12.0. The van der Waals surface area contributed by atoms with Crippen LogP contribution in [0.4, 0.5) is 0 Å². The van der Waals surface area contributed by atoms with Crippen molar-refractivity contribution in [2.45, 2.75) is 0 Å². The van der Waals surface area contributed by atoms with E-state index < -0.39 is 0 Å². The van der Waals surface area contributed by atoms with Gasteiger partial charge in [0.1, 0.15) is 22.3 Å². The average molecular weight is 1090 g/mol. The lowest BCUT2D eigenvalue weighted by molar-refractivity contribution is 0.669. The molecule has 16 aromatic carbocycles. The van der Waals surface area contributed by atoms with Crippen LogP contribution in [0.25, 0.3) is 186 Å². The topological polar surface area (TPSA) is 26.3 Å². The monoisotopic (exact) mass is 1090 g/mol. The van der Waals surface area contributed by atoms with E-state index in [1.807, 2.05) is 0 Å². The lowest BCUT2D eigenvalue weighted by Gasteiger charge is -2.20. The van der Waals surface area contributed by atoms with Crippen molar-refractivity contribution >= 4 is 109 Å². The second-order valence-corrected chi connectivity index (χ2v) is 22.9. The van der Waals surface area contributed by atoms with E-state index in [1.165, 1.54) is 109 Å². The molecule has 0 amide bonds. The minimum absolute atomic E-state index is 0.868. The fourth-order valence-electron chi connectivity index (χ4n) is 14.5. The van der Waals surface area contributed by atoms with Crippen LogP contribution in [0, 0.1) is 0 Å². The highest BCUT2D eigenvalue weighted by molar-refractivity contribution is 6.32. The maximum atomic E-state index is 6.97. The molecule has 0 bridgehead atoms. The average Bonchev–Trinajstić information content (AvgIpc) is 1.45. The van der Waals surface area contributed by atoms with Gasteiger partial charge in [-0.15, -0.1) is 0 Å². The van der Waals surface area contributed by atoms with Crippen molar-refractivity contribution < 1.29 is 8.83 Å². The first-order valence-electron chi connectivity index (χ1n) is 29.6. The summed E-state index contributed by atoms with van der Waals surface area (Å²) >= 11 is 0. The molecular formula is C84H50O2. The summed E-state index contributed by atoms with van der Waals surface area (Å²) < 4.78 is 13.6. The summed E-state index contributed by atoms with van der Waals surface area (Å²) in [5.74, 6) is 0. The highest BCUT2D eigenvalue weighted by atomic mass is 16.3. The molecule has 2 nitrogen and oxygen atoms in total. The first-order chi connectivity index (χ1) is 42.7. The predicted octanol–water partition coefficient (Wildman–Crippen LogP) is 24.1. The Bertz CT molecular complexity index is 5710. The van der Waals surface area contributed by atoms with Gasteiger partial charge in [-0.3, -0.25) is 0 Å². The molecule has 86 heavy (non-hydrogen) atoms. The third-order valence-corrected chi connectivity index (χ3v) is 18.2. The van der Waals surface area contributed by atoms with Gasteiger partial charge in [0.15, 0.2) is 0 Å². The Morgan fingerprint density at radius 1 is 0.163 bits per heavy atom. The van der Waals surface area contributed by atoms with Crippen molar-refractivity contribution in [1.82, 2.24) is 0 Å². The summed E-state index contributed by atoms with van der Waals surface area (Å²) in [7, 11) is 0. The molecule has 398 valence electrons. The number of hydrogen-bond acceptors (Lipinski definition) is 2. The Labute approximate surface area is 495 Å². The Morgan fingerprint density at radius 3 is 1.07 bits per heavy atom. The third kappa shape index (κ3) is 7.33. The number of para-hydroxylation sites is 2. The number of furan rings is 2. The highest BCUT2D eigenvalue weighted by Crippen LogP contribution is 2.53. The Kier molecular flexibility index (Phi) is 10.7. The first kappa shape index (κ1) is 48.2. The standard InChI is InChI=1S/C84H50O2/c1-2-21-51(22-3-1)52-43-45-53(46-44-52)77-61-29-6-10-33-65(61)80(66-34-11-7-30-62(66)77)84-69-40-20-39-59(72(69)50-76-82(84)71-38-15-17-42-74(71)86-76)56-26-18-24-54(47-56)55-25-19-27-58(48-55)78-63-31-8-12-35-67(63)79(68-36-13-9-32-64(68)78)83-60-28-5-4-23-57(60)49-75-81(83)70-37-14-16-41-73(70)85-75/h1-50H. The van der Waals surface area contributed by atoms with Gasteiger partial charge in [0.05, 0.1) is 0 Å². The zero-order valence-electron chi connectivity index (χ0n) is 46.7. The van der Waals surface area contributed by atoms with E-state index in [4.69, 9.17) is 8.83 Å². The molecule has 0 aliphatic rings. The van der Waals surface area contributed by atoms with Crippen LogP contribution in [0.5, 0.6) is 0 Å². The van der Waals surface area contributed by atoms with Crippen LogP contribution in [0.2, 0.25) is 0 Å². The maximum absolute atomic E-state index is 6.97. The van der Waals surface area contributed by atoms with Gasteiger partial charge >= 0.3 is 0 Å². The van der Waals surface area contributed by atoms with E-state index in [0.29, 0.717) is 0 Å². The molecule has 0 saturated carbocycles. The van der Waals surface area contributed by atoms with Crippen molar-refractivity contribution in [2.24, 2.45) is 0 Å². The van der Waals surface area contributed by atoms with Gasteiger partial charge in [0, 0.05) is 32.7 Å². The van der Waals surface area contributed by atoms with Gasteiger partial charge < -0.3 is 8.83 Å². The van der Waals surface area contributed by atoms with Gasteiger partial charge in [0.2, 0.25) is 0 Å². The first-order valence-corrected chi connectivity index (χ1v) is 29.6. The van der Waals surface area contributed by atoms with Crippen LogP contribution in [0.3, 0.4) is 0 Å². The molecule has 0 unspecified atom stereocenters. The van der Waals surface area contributed by atoms with E-state index in [1.54, 1.807) is 0 Å². The van der Waals surface area contributed by atoms with Crippen molar-refractivity contribution in [1.29, 1.82) is 0 Å². The third-order valence-electron chi connectivity index (χ3n) is 18.2. The van der Waals surface area contributed by atoms with Crippen molar-refractivity contribution in [3.05, 3.63) is 303 Å². The molecule has 0 saturated heterocycles. The molecule has 0 aliphatic carbocycles. The molecule has 18 aromatic rings. The van der Waals surface area contributed by atoms with E-state index in [9.17, 15) is 0 Å². The van der Waals surface area contributed by atoms with Gasteiger partial charge in [-0.05, 0) is 168 Å². The maximum Gasteiger partial charge on any atom is 0.136 e. The molecule has 2 aromatic heterocycles. The molecule has 0 atom stereocenters. The summed E-state index contributed by atoms with van der Waals surface area (Å²) in [6.07, 6.45) is 0. The van der Waals surface area contributed by atoms with Crippen molar-refractivity contribution in [3.8, 4) is 77.9 Å². The fraction of sp³-hybridized carbons (Fsp3) is 0. The SMILES string of the molecule is c1ccc(-c2ccc(-c3c4ccccc4c(-c4c5cccc(-c6cccc(-c7cccc(-c8c9ccccc9c(-c9c%10ccccc%10cc%10oc%11ccccc%11c9%10)c9ccccc89)c7)c6)c5cc5oc6ccccc6c45)c4ccccc34)cc2)cc1. The Morgan fingerprint density at radius 2 is 0.512 bits per heavy atom. The predicted molar refractivity (Wildman–Crippen MR) is 364 cm³/mol. The minimum Gasteiger partial charge on any atom is -0.456 e.